The first kappa shape index (κ1) is 30.2. The van der Waals surface area contributed by atoms with Gasteiger partial charge in [0.05, 0.1) is 10.5 Å². The Kier molecular flexibility index (Phi) is 9.36. The highest BCUT2D eigenvalue weighted by molar-refractivity contribution is 7.89. The van der Waals surface area contributed by atoms with Crippen molar-refractivity contribution in [2.45, 2.75) is 44.7 Å². The lowest BCUT2D eigenvalue weighted by Crippen LogP contribution is -2.42. The molecule has 2 unspecified atom stereocenters. The Hall–Kier alpha value is -2.76. The molecule has 2 atom stereocenters. The number of thiophene rings is 1. The number of piperidine rings is 1. The van der Waals surface area contributed by atoms with Crippen LogP contribution < -0.4 is 11.1 Å². The zero-order valence-corrected chi connectivity index (χ0v) is 25.1. The number of carbonyl (C=O) groups is 2. The third-order valence-corrected chi connectivity index (χ3v) is 10.4. The van der Waals surface area contributed by atoms with Gasteiger partial charge in [0.25, 0.3) is 11.8 Å². The van der Waals surface area contributed by atoms with E-state index in [2.05, 4.69) is 36.2 Å². The summed E-state index contributed by atoms with van der Waals surface area (Å²) in [4.78, 5) is 29.0. The molecule has 11 heteroatoms. The summed E-state index contributed by atoms with van der Waals surface area (Å²) in [5.74, 6) is -0.378. The number of hydrogen-bond donors (Lipinski definition) is 2. The van der Waals surface area contributed by atoms with Crippen molar-refractivity contribution < 1.29 is 18.0 Å². The molecule has 1 aromatic heterocycles. The highest BCUT2D eigenvalue weighted by Gasteiger charge is 2.32. The maximum Gasteiger partial charge on any atom is 0.256 e. The number of rotatable bonds is 7. The Bertz CT molecular complexity index is 1470. The molecule has 0 saturated carbocycles. The molecule has 40 heavy (non-hydrogen) atoms. The molecule has 214 valence electrons. The van der Waals surface area contributed by atoms with Crippen LogP contribution in [-0.4, -0.2) is 49.1 Å². The molecule has 1 saturated heterocycles. The van der Waals surface area contributed by atoms with Crippen LogP contribution in [0.4, 0.5) is 5.00 Å². The highest BCUT2D eigenvalue weighted by atomic mass is 35.5. The quantitative estimate of drug-likeness (QED) is 0.405. The average molecular weight is 603 g/mol. The maximum absolute atomic E-state index is 13.2. The predicted molar refractivity (Wildman–Crippen MR) is 160 cm³/mol. The molecular formula is C29H35ClN4O4S2. The standard InChI is InChI=1S/C29H34N4O4S2.ClH/c1-19-14-20(2)16-33(15-19)39(36,37)23-10-8-22(9-11-23)28(35)31-29-26(27(30)34)24-12-13-32(18-25(24)38-29)17-21-6-4-3-5-7-21;/h3-11,19-20H,12-18H2,1-2H3,(H2,30,34)(H,31,35);1H. The molecule has 1 fully saturated rings. The SMILES string of the molecule is CC1CC(C)CN(S(=O)(=O)c2ccc(C(=O)Nc3sc4c(c3C(N)=O)CCN(Cc3ccccc3)C4)cc2)C1.Cl. The van der Waals surface area contributed by atoms with E-state index in [0.717, 1.165) is 30.0 Å². The second-order valence-electron chi connectivity index (χ2n) is 10.8. The molecule has 0 aliphatic carbocycles. The van der Waals surface area contributed by atoms with E-state index < -0.39 is 21.8 Å². The molecule has 3 N–H and O–H groups in total. The summed E-state index contributed by atoms with van der Waals surface area (Å²) in [6.45, 7) is 7.38. The van der Waals surface area contributed by atoms with Crippen molar-refractivity contribution in [3.05, 3.63) is 81.7 Å². The third kappa shape index (κ3) is 6.42. The smallest absolute Gasteiger partial charge is 0.256 e. The van der Waals surface area contributed by atoms with Crippen LogP contribution in [0.25, 0.3) is 0 Å². The van der Waals surface area contributed by atoms with Crippen molar-refractivity contribution in [1.29, 1.82) is 0 Å². The molecule has 8 nitrogen and oxygen atoms in total. The van der Waals surface area contributed by atoms with Crippen molar-refractivity contribution in [2.24, 2.45) is 17.6 Å². The molecule has 2 aromatic carbocycles. The van der Waals surface area contributed by atoms with E-state index >= 15 is 0 Å². The Balaban J connectivity index is 0.00000370. The lowest BCUT2D eigenvalue weighted by atomic mass is 9.94. The van der Waals surface area contributed by atoms with Gasteiger partial charge in [-0.05, 0) is 60.1 Å². The van der Waals surface area contributed by atoms with Crippen LogP contribution in [0, 0.1) is 11.8 Å². The van der Waals surface area contributed by atoms with E-state index in [1.165, 1.54) is 45.5 Å². The number of amides is 2. The molecule has 2 amide bonds. The number of benzene rings is 2. The first-order chi connectivity index (χ1) is 18.6. The number of nitrogens with one attached hydrogen (secondary N) is 1. The molecule has 0 radical (unpaired) electrons. The van der Waals surface area contributed by atoms with E-state index in [4.69, 9.17) is 5.73 Å². The normalized spacial score (nSPS) is 19.9. The van der Waals surface area contributed by atoms with Crippen LogP contribution in [0.1, 0.15) is 57.0 Å². The molecule has 2 aliphatic heterocycles. The fraction of sp³-hybridized carbons (Fsp3) is 0.379. The Morgan fingerprint density at radius 1 is 1.02 bits per heavy atom. The summed E-state index contributed by atoms with van der Waals surface area (Å²) >= 11 is 1.38. The summed E-state index contributed by atoms with van der Waals surface area (Å²) in [7, 11) is -3.64. The lowest BCUT2D eigenvalue weighted by molar-refractivity contribution is 0.0999. The van der Waals surface area contributed by atoms with Gasteiger partial charge < -0.3 is 11.1 Å². The summed E-state index contributed by atoms with van der Waals surface area (Å²) in [6, 6.07) is 16.2. The van der Waals surface area contributed by atoms with Crippen LogP contribution in [0.15, 0.2) is 59.5 Å². The number of fused-ring (bicyclic) bond motifs is 1. The second-order valence-corrected chi connectivity index (χ2v) is 13.8. The number of anilines is 1. The van der Waals surface area contributed by atoms with Crippen molar-refractivity contribution in [3.8, 4) is 0 Å². The van der Waals surface area contributed by atoms with Gasteiger partial charge in [-0.15, -0.1) is 23.7 Å². The average Bonchev–Trinajstić information content (AvgIpc) is 3.26. The van der Waals surface area contributed by atoms with Crippen molar-refractivity contribution >= 4 is 50.6 Å². The summed E-state index contributed by atoms with van der Waals surface area (Å²) in [6.07, 6.45) is 1.68. The number of nitrogens with zero attached hydrogens (tertiary/aromatic N) is 2. The monoisotopic (exact) mass is 602 g/mol. The maximum atomic E-state index is 13.2. The molecule has 5 rings (SSSR count). The van der Waals surface area contributed by atoms with E-state index in [1.807, 2.05) is 18.2 Å². The van der Waals surface area contributed by atoms with Crippen LogP contribution in [0.2, 0.25) is 0 Å². The van der Waals surface area contributed by atoms with Gasteiger partial charge in [0.1, 0.15) is 5.00 Å². The van der Waals surface area contributed by atoms with Crippen molar-refractivity contribution in [2.75, 3.05) is 25.0 Å². The molecular weight excluding hydrogens is 568 g/mol. The third-order valence-electron chi connectivity index (χ3n) is 7.45. The number of nitrogens with two attached hydrogens (primary N) is 1. The van der Waals surface area contributed by atoms with E-state index in [9.17, 15) is 18.0 Å². The minimum absolute atomic E-state index is 0. The Morgan fingerprint density at radius 2 is 1.68 bits per heavy atom. The zero-order valence-electron chi connectivity index (χ0n) is 22.6. The number of primary amides is 1. The Labute approximate surface area is 246 Å². The van der Waals surface area contributed by atoms with Crippen LogP contribution >= 0.6 is 23.7 Å². The number of carbonyl (C=O) groups excluding carboxylic acids is 2. The number of halogens is 1. The minimum Gasteiger partial charge on any atom is -0.365 e. The molecule has 0 bridgehead atoms. The first-order valence-electron chi connectivity index (χ1n) is 13.2. The fourth-order valence-electron chi connectivity index (χ4n) is 5.69. The number of hydrogen-bond acceptors (Lipinski definition) is 6. The Morgan fingerprint density at radius 3 is 2.30 bits per heavy atom. The molecule has 0 spiro atoms. The summed E-state index contributed by atoms with van der Waals surface area (Å²) < 4.78 is 27.9. The zero-order chi connectivity index (χ0) is 27.7. The molecule has 3 aromatic rings. The van der Waals surface area contributed by atoms with Gasteiger partial charge in [-0.3, -0.25) is 14.5 Å². The fourth-order valence-corrected chi connectivity index (χ4v) is 8.66. The van der Waals surface area contributed by atoms with Gasteiger partial charge in [0.2, 0.25) is 10.0 Å². The topological polar surface area (TPSA) is 113 Å². The van der Waals surface area contributed by atoms with Gasteiger partial charge in [-0.2, -0.15) is 4.31 Å². The van der Waals surface area contributed by atoms with E-state index in [1.54, 1.807) is 0 Å². The van der Waals surface area contributed by atoms with Gasteiger partial charge in [0.15, 0.2) is 0 Å². The lowest BCUT2D eigenvalue weighted by Gasteiger charge is -2.34. The van der Waals surface area contributed by atoms with Gasteiger partial charge in [-0.25, -0.2) is 8.42 Å². The first-order valence-corrected chi connectivity index (χ1v) is 15.5. The summed E-state index contributed by atoms with van der Waals surface area (Å²) in [5, 5.41) is 3.30. The van der Waals surface area contributed by atoms with E-state index in [-0.39, 0.29) is 17.3 Å². The van der Waals surface area contributed by atoms with Crippen molar-refractivity contribution in [1.82, 2.24) is 9.21 Å². The van der Waals surface area contributed by atoms with Crippen LogP contribution in [-0.2, 0) is 29.5 Å². The van der Waals surface area contributed by atoms with Gasteiger partial charge in [0, 0.05) is 43.2 Å². The van der Waals surface area contributed by atoms with Crippen LogP contribution in [0.3, 0.4) is 0 Å². The van der Waals surface area contributed by atoms with Crippen LogP contribution in [0.5, 0.6) is 0 Å². The predicted octanol–water partition coefficient (Wildman–Crippen LogP) is 4.75. The largest absolute Gasteiger partial charge is 0.365 e. The number of sulfonamides is 1. The molecule has 2 aliphatic rings. The van der Waals surface area contributed by atoms with E-state index in [0.29, 0.717) is 54.0 Å². The van der Waals surface area contributed by atoms with Gasteiger partial charge in [-0.1, -0.05) is 44.2 Å². The van der Waals surface area contributed by atoms with Crippen molar-refractivity contribution in [3.63, 3.8) is 0 Å². The minimum atomic E-state index is -3.64. The summed E-state index contributed by atoms with van der Waals surface area (Å²) in [5.41, 5.74) is 8.54. The highest BCUT2D eigenvalue weighted by Crippen LogP contribution is 2.37. The molecule has 3 heterocycles. The van der Waals surface area contributed by atoms with Gasteiger partial charge >= 0.3 is 0 Å². The second kappa shape index (κ2) is 12.4.